The molecular formula is C12H21N5O2. The summed E-state index contributed by atoms with van der Waals surface area (Å²) < 4.78 is 5.13. The molecule has 19 heavy (non-hydrogen) atoms. The Bertz CT molecular complexity index is 427. The van der Waals surface area contributed by atoms with Crippen LogP contribution in [0.1, 0.15) is 25.5 Å². The maximum atomic E-state index is 11.6. The molecule has 0 amide bonds. The van der Waals surface area contributed by atoms with Gasteiger partial charge in [0.15, 0.2) is 0 Å². The van der Waals surface area contributed by atoms with Gasteiger partial charge >= 0.3 is 5.97 Å². The third-order valence-electron chi connectivity index (χ3n) is 2.54. The van der Waals surface area contributed by atoms with Crippen LogP contribution in [-0.4, -0.2) is 40.6 Å². The third kappa shape index (κ3) is 4.78. The van der Waals surface area contributed by atoms with Gasteiger partial charge in [-0.25, -0.2) is 4.98 Å². The van der Waals surface area contributed by atoms with E-state index in [-0.39, 0.29) is 19.1 Å². The van der Waals surface area contributed by atoms with Crippen LogP contribution in [0.15, 0.2) is 0 Å². The van der Waals surface area contributed by atoms with Gasteiger partial charge in [-0.3, -0.25) is 4.79 Å². The highest BCUT2D eigenvalue weighted by Crippen LogP contribution is 2.14. The molecule has 3 N–H and O–H groups in total. The summed E-state index contributed by atoms with van der Waals surface area (Å²) in [5.41, 5.74) is 4.84. The molecule has 1 heterocycles. The molecule has 0 aliphatic heterocycles. The monoisotopic (exact) mass is 267 g/mol. The Hall–Kier alpha value is -1.76. The lowest BCUT2D eigenvalue weighted by Gasteiger charge is -2.20. The Kier molecular flexibility index (Phi) is 5.17. The van der Waals surface area contributed by atoms with E-state index in [1.54, 1.807) is 27.7 Å². The SMILES string of the molecule is Cc1nc(C)nc(NCCOC(=O)C(C)(C)CN)n1. The molecule has 0 aliphatic carbocycles. The number of aryl methyl sites for hydroxylation is 2. The van der Waals surface area contributed by atoms with E-state index in [4.69, 9.17) is 10.5 Å². The quantitative estimate of drug-likeness (QED) is 0.569. The van der Waals surface area contributed by atoms with Gasteiger partial charge < -0.3 is 15.8 Å². The average Bonchev–Trinajstić information content (AvgIpc) is 2.33. The van der Waals surface area contributed by atoms with Gasteiger partial charge in [-0.05, 0) is 27.7 Å². The van der Waals surface area contributed by atoms with Gasteiger partial charge in [0.25, 0.3) is 0 Å². The van der Waals surface area contributed by atoms with Crippen LogP contribution in [0.4, 0.5) is 5.95 Å². The summed E-state index contributed by atoms with van der Waals surface area (Å²) in [6, 6.07) is 0. The van der Waals surface area contributed by atoms with E-state index in [1.165, 1.54) is 0 Å². The molecule has 0 aliphatic rings. The molecule has 0 aromatic carbocycles. The van der Waals surface area contributed by atoms with Crippen molar-refractivity contribution in [3.8, 4) is 0 Å². The molecule has 0 radical (unpaired) electrons. The molecule has 0 fully saturated rings. The summed E-state index contributed by atoms with van der Waals surface area (Å²) in [4.78, 5) is 24.0. The van der Waals surface area contributed by atoms with Crippen molar-refractivity contribution < 1.29 is 9.53 Å². The molecule has 106 valence electrons. The number of carbonyl (C=O) groups excluding carboxylic acids is 1. The summed E-state index contributed by atoms with van der Waals surface area (Å²) in [6.07, 6.45) is 0. The van der Waals surface area contributed by atoms with Crippen LogP contribution in [-0.2, 0) is 9.53 Å². The van der Waals surface area contributed by atoms with E-state index in [2.05, 4.69) is 20.3 Å². The van der Waals surface area contributed by atoms with Gasteiger partial charge in [-0.2, -0.15) is 9.97 Å². The van der Waals surface area contributed by atoms with Crippen molar-refractivity contribution in [2.75, 3.05) is 25.0 Å². The minimum absolute atomic E-state index is 0.242. The number of carbonyl (C=O) groups is 1. The molecule has 7 nitrogen and oxygen atoms in total. The van der Waals surface area contributed by atoms with Crippen molar-refractivity contribution >= 4 is 11.9 Å². The molecule has 0 spiro atoms. The van der Waals surface area contributed by atoms with Gasteiger partial charge in [-0.1, -0.05) is 0 Å². The topological polar surface area (TPSA) is 103 Å². The third-order valence-corrected chi connectivity index (χ3v) is 2.54. The Labute approximate surface area is 113 Å². The number of hydrogen-bond acceptors (Lipinski definition) is 7. The predicted octanol–water partition coefficient (Wildman–Crippen LogP) is 0.428. The molecule has 1 rings (SSSR count). The first-order valence-corrected chi connectivity index (χ1v) is 6.15. The average molecular weight is 267 g/mol. The second kappa shape index (κ2) is 6.42. The highest BCUT2D eigenvalue weighted by Gasteiger charge is 2.27. The summed E-state index contributed by atoms with van der Waals surface area (Å²) >= 11 is 0. The second-order valence-corrected chi connectivity index (χ2v) is 4.90. The first-order chi connectivity index (χ1) is 8.85. The van der Waals surface area contributed by atoms with E-state index in [0.717, 1.165) is 0 Å². The Morgan fingerprint density at radius 3 is 2.37 bits per heavy atom. The lowest BCUT2D eigenvalue weighted by atomic mass is 9.94. The van der Waals surface area contributed by atoms with Crippen LogP contribution in [0, 0.1) is 19.3 Å². The number of nitrogens with zero attached hydrogens (tertiary/aromatic N) is 3. The number of esters is 1. The number of nitrogens with one attached hydrogen (secondary N) is 1. The Morgan fingerprint density at radius 1 is 1.26 bits per heavy atom. The molecule has 0 saturated heterocycles. The first kappa shape index (κ1) is 15.3. The van der Waals surface area contributed by atoms with E-state index < -0.39 is 5.41 Å². The molecule has 7 heteroatoms. The lowest BCUT2D eigenvalue weighted by Crippen LogP contribution is -2.35. The molecule has 1 aromatic heterocycles. The van der Waals surface area contributed by atoms with Gasteiger partial charge in [0.2, 0.25) is 5.95 Å². The molecule has 0 atom stereocenters. The summed E-state index contributed by atoms with van der Waals surface area (Å²) in [5, 5.41) is 2.98. The highest BCUT2D eigenvalue weighted by atomic mass is 16.5. The maximum Gasteiger partial charge on any atom is 0.312 e. The number of ether oxygens (including phenoxy) is 1. The van der Waals surface area contributed by atoms with Gasteiger partial charge in [0.05, 0.1) is 12.0 Å². The molecule has 1 aromatic rings. The zero-order valence-corrected chi connectivity index (χ0v) is 11.9. The summed E-state index contributed by atoms with van der Waals surface area (Å²) in [7, 11) is 0. The van der Waals surface area contributed by atoms with Crippen molar-refractivity contribution in [1.82, 2.24) is 15.0 Å². The normalized spacial score (nSPS) is 11.2. The van der Waals surface area contributed by atoms with E-state index in [1.807, 2.05) is 0 Å². The van der Waals surface area contributed by atoms with Crippen molar-refractivity contribution in [1.29, 1.82) is 0 Å². The number of nitrogens with two attached hydrogens (primary N) is 1. The number of aromatic nitrogens is 3. The predicted molar refractivity (Wildman–Crippen MR) is 71.6 cm³/mol. The standard InChI is InChI=1S/C12H21N5O2/c1-8-15-9(2)17-11(16-8)14-5-6-19-10(18)12(3,4)7-13/h5-7,13H2,1-4H3,(H,14,15,16,17). The highest BCUT2D eigenvalue weighted by molar-refractivity contribution is 5.76. The van der Waals surface area contributed by atoms with Crippen LogP contribution >= 0.6 is 0 Å². The maximum absolute atomic E-state index is 11.6. The Morgan fingerprint density at radius 2 is 1.84 bits per heavy atom. The van der Waals surface area contributed by atoms with Crippen LogP contribution < -0.4 is 11.1 Å². The van der Waals surface area contributed by atoms with E-state index in [0.29, 0.717) is 24.1 Å². The summed E-state index contributed by atoms with van der Waals surface area (Å²) in [5.74, 6) is 1.48. The van der Waals surface area contributed by atoms with Gasteiger partial charge in [0.1, 0.15) is 18.3 Å². The molecule has 0 saturated carbocycles. The van der Waals surface area contributed by atoms with Crippen molar-refractivity contribution in [3.05, 3.63) is 11.6 Å². The number of rotatable bonds is 6. The largest absolute Gasteiger partial charge is 0.463 e. The fourth-order valence-corrected chi connectivity index (χ4v) is 1.28. The fraction of sp³-hybridized carbons (Fsp3) is 0.667. The zero-order valence-electron chi connectivity index (χ0n) is 11.9. The van der Waals surface area contributed by atoms with Crippen LogP contribution in [0.3, 0.4) is 0 Å². The van der Waals surface area contributed by atoms with Gasteiger partial charge in [-0.15, -0.1) is 0 Å². The van der Waals surface area contributed by atoms with E-state index in [9.17, 15) is 4.79 Å². The van der Waals surface area contributed by atoms with E-state index >= 15 is 0 Å². The summed E-state index contributed by atoms with van der Waals surface area (Å²) in [6.45, 7) is 8.03. The first-order valence-electron chi connectivity index (χ1n) is 6.15. The second-order valence-electron chi connectivity index (χ2n) is 4.90. The minimum Gasteiger partial charge on any atom is -0.463 e. The molecular weight excluding hydrogens is 246 g/mol. The fourth-order valence-electron chi connectivity index (χ4n) is 1.28. The van der Waals surface area contributed by atoms with Crippen molar-refractivity contribution in [2.24, 2.45) is 11.1 Å². The lowest BCUT2D eigenvalue weighted by molar-refractivity contribution is -0.152. The minimum atomic E-state index is -0.652. The van der Waals surface area contributed by atoms with Crippen LogP contribution in [0.5, 0.6) is 0 Å². The number of hydrogen-bond donors (Lipinski definition) is 2. The van der Waals surface area contributed by atoms with Gasteiger partial charge in [0, 0.05) is 6.54 Å². The van der Waals surface area contributed by atoms with Crippen molar-refractivity contribution in [3.63, 3.8) is 0 Å². The molecule has 0 bridgehead atoms. The Balaban J connectivity index is 2.37. The molecule has 0 unspecified atom stereocenters. The zero-order chi connectivity index (χ0) is 14.5. The van der Waals surface area contributed by atoms with Crippen LogP contribution in [0.2, 0.25) is 0 Å². The smallest absolute Gasteiger partial charge is 0.312 e. The van der Waals surface area contributed by atoms with Crippen molar-refractivity contribution in [2.45, 2.75) is 27.7 Å². The van der Waals surface area contributed by atoms with Crippen LogP contribution in [0.25, 0.3) is 0 Å². The number of anilines is 1.